The van der Waals surface area contributed by atoms with Crippen LogP contribution in [0.3, 0.4) is 0 Å². The number of halogens is 2. The Kier molecular flexibility index (Phi) is 7.14. The summed E-state index contributed by atoms with van der Waals surface area (Å²) in [6.07, 6.45) is 1.17. The van der Waals surface area contributed by atoms with E-state index in [0.29, 0.717) is 10.7 Å². The van der Waals surface area contributed by atoms with Crippen molar-refractivity contribution in [2.24, 2.45) is 0 Å². The minimum absolute atomic E-state index is 0.277. The van der Waals surface area contributed by atoms with Crippen molar-refractivity contribution in [2.45, 2.75) is 35.6 Å². The van der Waals surface area contributed by atoms with Gasteiger partial charge in [0.05, 0.1) is 12.8 Å². The van der Waals surface area contributed by atoms with Gasteiger partial charge < -0.3 is 18.9 Å². The molecule has 2 aromatic heterocycles. The van der Waals surface area contributed by atoms with E-state index in [1.807, 2.05) is 60.1 Å². The van der Waals surface area contributed by atoms with Crippen LogP contribution in [0.5, 0.6) is 0 Å². The van der Waals surface area contributed by atoms with E-state index < -0.39 is 35.6 Å². The monoisotopic (exact) mass is 620 g/mol. The number of methoxy groups -OCH3 is 1. The van der Waals surface area contributed by atoms with E-state index in [0.717, 1.165) is 20.6 Å². The Morgan fingerprint density at radius 1 is 1.22 bits per heavy atom. The fourth-order valence-electron chi connectivity index (χ4n) is 5.13. The molecule has 37 heavy (non-hydrogen) atoms. The van der Waals surface area contributed by atoms with Crippen LogP contribution in [0.25, 0.3) is 10.7 Å². The molecule has 12 heteroatoms. The number of nitrogens with zero attached hydrogens (tertiary/aromatic N) is 4. The third-order valence-corrected chi connectivity index (χ3v) is 8.68. The summed E-state index contributed by atoms with van der Waals surface area (Å²) < 4.78 is 27.9. The lowest BCUT2D eigenvalue weighted by atomic mass is 9.75. The molecular formula is C25H22BrClN4O4S2. The molecule has 6 atom stereocenters. The van der Waals surface area contributed by atoms with Crippen molar-refractivity contribution in [2.75, 3.05) is 13.7 Å². The summed E-state index contributed by atoms with van der Waals surface area (Å²) in [4.78, 5) is 4.41. The van der Waals surface area contributed by atoms with Crippen LogP contribution < -0.4 is 0 Å². The van der Waals surface area contributed by atoms with Gasteiger partial charge in [-0.2, -0.15) is 0 Å². The number of ether oxygens (including phenoxy) is 4. The number of hydrogen-bond donors (Lipinski definition) is 1. The molecule has 0 amide bonds. The zero-order valence-electron chi connectivity index (χ0n) is 19.5. The average Bonchev–Trinajstić information content (AvgIpc) is 3.62. The summed E-state index contributed by atoms with van der Waals surface area (Å²) in [7, 11) is 1.62. The van der Waals surface area contributed by atoms with Crippen molar-refractivity contribution in [3.8, 4) is 10.7 Å². The van der Waals surface area contributed by atoms with Crippen LogP contribution in [0, 0.1) is 0 Å². The molecule has 4 heterocycles. The Bertz CT molecular complexity index is 1380. The van der Waals surface area contributed by atoms with Gasteiger partial charge in [-0.25, -0.2) is 9.67 Å². The second kappa shape index (κ2) is 10.4. The molecule has 4 aromatic rings. The molecule has 2 aliphatic heterocycles. The molecule has 0 N–H and O–H groups in total. The van der Waals surface area contributed by atoms with Gasteiger partial charge in [-0.05, 0) is 18.2 Å². The highest BCUT2D eigenvalue weighted by Crippen LogP contribution is 2.50. The molecular weight excluding hydrogens is 600 g/mol. The maximum absolute atomic E-state index is 6.93. The zero-order valence-corrected chi connectivity index (χ0v) is 23.5. The first-order valence-electron chi connectivity index (χ1n) is 11.5. The second-order valence-electron chi connectivity index (χ2n) is 8.69. The van der Waals surface area contributed by atoms with Gasteiger partial charge in [-0.15, -0.1) is 29.1 Å². The Morgan fingerprint density at radius 2 is 2.05 bits per heavy atom. The lowest BCUT2D eigenvalue weighted by Crippen LogP contribution is -2.70. The molecule has 192 valence electrons. The number of aromatic nitrogens is 4. The molecule has 2 aliphatic rings. The summed E-state index contributed by atoms with van der Waals surface area (Å²) in [6, 6.07) is 15.5. The lowest BCUT2D eigenvalue weighted by Gasteiger charge is -2.55. The van der Waals surface area contributed by atoms with E-state index in [1.54, 1.807) is 18.0 Å². The van der Waals surface area contributed by atoms with Crippen molar-refractivity contribution in [3.05, 3.63) is 86.9 Å². The predicted octanol–water partition coefficient (Wildman–Crippen LogP) is 5.35. The normalized spacial score (nSPS) is 29.7. The number of benzene rings is 2. The quantitative estimate of drug-likeness (QED) is 0.301. The summed E-state index contributed by atoms with van der Waals surface area (Å²) in [6.45, 7) is 0.277. The minimum atomic E-state index is -1.12. The van der Waals surface area contributed by atoms with Crippen molar-refractivity contribution in [1.29, 1.82) is 0 Å². The number of thiol groups is 1. The standard InChI is InChI=1S/C25H22BrClN4O4S2/c1-32-21-24(36)34-19-13-33-23(14-5-3-2-4-6-14)35-20(19)25(21,16-11-15(26)7-8-17(16)27)31-12-18(29-30-31)22-28-9-10-37-22/h2-12,19-21,23-24,36H,13H2,1H3/t19-,20+,21+,23?,24-,25?/m1/s1. The number of thiazole rings is 1. The molecule has 0 spiro atoms. The topological polar surface area (TPSA) is 80.5 Å². The van der Waals surface area contributed by atoms with Gasteiger partial charge in [0.25, 0.3) is 0 Å². The molecule has 2 unspecified atom stereocenters. The van der Waals surface area contributed by atoms with Gasteiger partial charge in [-0.1, -0.05) is 63.1 Å². The van der Waals surface area contributed by atoms with Crippen LogP contribution in [0.1, 0.15) is 17.4 Å². The van der Waals surface area contributed by atoms with E-state index in [-0.39, 0.29) is 6.61 Å². The van der Waals surface area contributed by atoms with Gasteiger partial charge in [0.2, 0.25) is 0 Å². The first-order valence-corrected chi connectivity index (χ1v) is 14.1. The summed E-state index contributed by atoms with van der Waals surface area (Å²) in [5.41, 5.74) is 0.482. The highest BCUT2D eigenvalue weighted by molar-refractivity contribution is 9.10. The number of hydrogen-bond acceptors (Lipinski definition) is 9. The number of fused-ring (bicyclic) bond motifs is 1. The molecule has 0 saturated carbocycles. The SMILES string of the molecule is CO[C@H]1[C@@H](S)O[C@@H]2COC(c3ccccc3)O[C@@H]2C1(c1cc(Br)ccc1Cl)n1cc(-c2nccs2)nn1. The fraction of sp³-hybridized carbons (Fsp3) is 0.320. The highest BCUT2D eigenvalue weighted by Gasteiger charge is 2.63. The van der Waals surface area contributed by atoms with E-state index >= 15 is 0 Å². The van der Waals surface area contributed by atoms with Crippen LogP contribution in [-0.4, -0.2) is 57.4 Å². The fourth-order valence-corrected chi connectivity index (χ4v) is 6.85. The van der Waals surface area contributed by atoms with Crippen molar-refractivity contribution in [3.63, 3.8) is 0 Å². The van der Waals surface area contributed by atoms with E-state index in [4.69, 9.17) is 43.2 Å². The zero-order chi connectivity index (χ0) is 25.6. The minimum Gasteiger partial charge on any atom is -0.375 e. The van der Waals surface area contributed by atoms with Crippen molar-refractivity contribution in [1.82, 2.24) is 20.0 Å². The molecule has 2 fully saturated rings. The Hall–Kier alpha value is -1.83. The molecule has 2 saturated heterocycles. The lowest BCUT2D eigenvalue weighted by molar-refractivity contribution is -0.323. The molecule has 6 rings (SSSR count). The van der Waals surface area contributed by atoms with Crippen molar-refractivity contribution < 1.29 is 18.9 Å². The van der Waals surface area contributed by atoms with Gasteiger partial charge in [-0.3, -0.25) is 0 Å². The van der Waals surface area contributed by atoms with E-state index in [1.165, 1.54) is 11.3 Å². The summed E-state index contributed by atoms with van der Waals surface area (Å²) >= 11 is 16.8. The Balaban J connectivity index is 1.58. The van der Waals surface area contributed by atoms with Crippen LogP contribution in [0.15, 0.2) is 70.8 Å². The first kappa shape index (κ1) is 25.4. The largest absolute Gasteiger partial charge is 0.375 e. The molecule has 0 radical (unpaired) electrons. The highest BCUT2D eigenvalue weighted by atomic mass is 79.9. The third-order valence-electron chi connectivity index (χ3n) is 6.67. The maximum atomic E-state index is 6.93. The summed E-state index contributed by atoms with van der Waals surface area (Å²) in [5, 5.41) is 12.2. The maximum Gasteiger partial charge on any atom is 0.184 e. The Morgan fingerprint density at radius 3 is 2.81 bits per heavy atom. The van der Waals surface area contributed by atoms with E-state index in [2.05, 4.69) is 31.2 Å². The smallest absolute Gasteiger partial charge is 0.184 e. The first-order chi connectivity index (χ1) is 18.0. The number of rotatable bonds is 5. The van der Waals surface area contributed by atoms with Gasteiger partial charge in [0.1, 0.15) is 40.0 Å². The van der Waals surface area contributed by atoms with Crippen LogP contribution in [0.2, 0.25) is 5.02 Å². The van der Waals surface area contributed by atoms with Crippen LogP contribution >= 0.6 is 51.5 Å². The average molecular weight is 622 g/mol. The molecule has 0 bridgehead atoms. The molecule has 2 aromatic carbocycles. The van der Waals surface area contributed by atoms with Crippen LogP contribution in [0.4, 0.5) is 0 Å². The molecule has 8 nitrogen and oxygen atoms in total. The predicted molar refractivity (Wildman–Crippen MR) is 146 cm³/mol. The third kappa shape index (κ3) is 4.35. The second-order valence-corrected chi connectivity index (χ2v) is 11.4. The summed E-state index contributed by atoms with van der Waals surface area (Å²) in [5.74, 6) is 0. The van der Waals surface area contributed by atoms with Crippen molar-refractivity contribution >= 4 is 51.5 Å². The van der Waals surface area contributed by atoms with Gasteiger partial charge >= 0.3 is 0 Å². The Labute approximate surface area is 236 Å². The van der Waals surface area contributed by atoms with Gasteiger partial charge in [0, 0.05) is 39.3 Å². The van der Waals surface area contributed by atoms with Crippen LogP contribution in [-0.2, 0) is 24.5 Å². The van der Waals surface area contributed by atoms with Gasteiger partial charge in [0.15, 0.2) is 6.29 Å². The van der Waals surface area contributed by atoms with E-state index in [9.17, 15) is 0 Å². The molecule has 0 aliphatic carbocycles.